The number of carbonyl (C=O) groups is 1. The van der Waals surface area contributed by atoms with Crippen molar-refractivity contribution in [2.75, 3.05) is 0 Å². The van der Waals surface area contributed by atoms with E-state index in [1.165, 1.54) is 0 Å². The Bertz CT molecular complexity index is 779. The molecule has 2 rings (SSSR count). The van der Waals surface area contributed by atoms with Gasteiger partial charge in [0.25, 0.3) is 5.91 Å². The van der Waals surface area contributed by atoms with Crippen LogP contribution < -0.4 is 5.32 Å². The molecule has 1 amide bonds. The molecule has 0 saturated carbocycles. The third-order valence-electron chi connectivity index (χ3n) is 3.27. The van der Waals surface area contributed by atoms with E-state index in [4.69, 9.17) is 5.26 Å². The Kier molecular flexibility index (Phi) is 5.21. The second-order valence-electron chi connectivity index (χ2n) is 4.94. The van der Waals surface area contributed by atoms with E-state index in [2.05, 4.69) is 5.32 Å². The second kappa shape index (κ2) is 7.32. The van der Waals surface area contributed by atoms with Gasteiger partial charge in [0.2, 0.25) is 0 Å². The van der Waals surface area contributed by atoms with E-state index >= 15 is 0 Å². The van der Waals surface area contributed by atoms with Crippen molar-refractivity contribution in [1.82, 2.24) is 5.32 Å². The summed E-state index contributed by atoms with van der Waals surface area (Å²) in [6, 6.07) is 13.4. The maximum atomic E-state index is 13.6. The zero-order valence-corrected chi connectivity index (χ0v) is 12.4. The number of carbonyl (C=O) groups excluding carboxylic acids is 1. The van der Waals surface area contributed by atoms with E-state index in [0.29, 0.717) is 0 Å². The van der Waals surface area contributed by atoms with Crippen LogP contribution in [0.25, 0.3) is 6.08 Å². The molecule has 3 nitrogen and oxygen atoms in total. The van der Waals surface area contributed by atoms with Crippen LogP contribution in [0.3, 0.4) is 0 Å². The summed E-state index contributed by atoms with van der Waals surface area (Å²) in [5.41, 5.74) is 0.427. The minimum Gasteiger partial charge on any atom is -0.345 e. The molecule has 0 aliphatic rings. The third-order valence-corrected chi connectivity index (χ3v) is 3.27. The minimum absolute atomic E-state index is 0.149. The van der Waals surface area contributed by atoms with Crippen molar-refractivity contribution < 1.29 is 13.6 Å². The van der Waals surface area contributed by atoms with E-state index in [-0.39, 0.29) is 17.2 Å². The van der Waals surface area contributed by atoms with Crippen molar-refractivity contribution in [1.29, 1.82) is 5.26 Å². The summed E-state index contributed by atoms with van der Waals surface area (Å²) in [7, 11) is 0. The van der Waals surface area contributed by atoms with Gasteiger partial charge in [0.15, 0.2) is 0 Å². The maximum Gasteiger partial charge on any atom is 0.262 e. The quantitative estimate of drug-likeness (QED) is 0.690. The SMILES string of the molecule is CC(NC(=O)/C(C#N)=C/c1cc(F)ccc1F)c1ccccc1. The molecule has 1 N–H and O–H groups in total. The lowest BCUT2D eigenvalue weighted by Crippen LogP contribution is -2.27. The van der Waals surface area contributed by atoms with E-state index in [0.717, 1.165) is 29.8 Å². The molecule has 0 spiro atoms. The monoisotopic (exact) mass is 312 g/mol. The van der Waals surface area contributed by atoms with Crippen LogP contribution in [0.1, 0.15) is 24.1 Å². The number of hydrogen-bond acceptors (Lipinski definition) is 2. The first-order valence-corrected chi connectivity index (χ1v) is 6.94. The summed E-state index contributed by atoms with van der Waals surface area (Å²) < 4.78 is 26.8. The summed E-state index contributed by atoms with van der Waals surface area (Å²) in [6.45, 7) is 1.77. The molecule has 1 atom stereocenters. The van der Waals surface area contributed by atoms with E-state index in [9.17, 15) is 13.6 Å². The predicted octanol–water partition coefficient (Wildman–Crippen LogP) is 3.75. The number of nitrogens with zero attached hydrogens (tertiary/aromatic N) is 1. The average Bonchev–Trinajstić information content (AvgIpc) is 2.56. The fraction of sp³-hybridized carbons (Fsp3) is 0.111. The highest BCUT2D eigenvalue weighted by Crippen LogP contribution is 2.16. The molecule has 116 valence electrons. The number of halogens is 2. The molecule has 0 saturated heterocycles. The summed E-state index contributed by atoms with van der Waals surface area (Å²) in [5, 5.41) is 11.8. The molecule has 0 fully saturated rings. The molecular formula is C18H14F2N2O. The largest absolute Gasteiger partial charge is 0.345 e. The van der Waals surface area contributed by atoms with Gasteiger partial charge in [-0.3, -0.25) is 4.79 Å². The highest BCUT2D eigenvalue weighted by molar-refractivity contribution is 6.01. The fourth-order valence-corrected chi connectivity index (χ4v) is 2.03. The van der Waals surface area contributed by atoms with Crippen molar-refractivity contribution in [3.8, 4) is 6.07 Å². The smallest absolute Gasteiger partial charge is 0.262 e. The Morgan fingerprint density at radius 3 is 2.57 bits per heavy atom. The highest BCUT2D eigenvalue weighted by atomic mass is 19.1. The molecule has 5 heteroatoms. The van der Waals surface area contributed by atoms with Gasteiger partial charge in [-0.2, -0.15) is 5.26 Å². The van der Waals surface area contributed by atoms with Gasteiger partial charge in [0.1, 0.15) is 23.3 Å². The molecule has 0 aliphatic heterocycles. The Morgan fingerprint density at radius 2 is 1.91 bits per heavy atom. The van der Waals surface area contributed by atoms with Crippen LogP contribution in [0.15, 0.2) is 54.1 Å². The van der Waals surface area contributed by atoms with Crippen LogP contribution in [-0.4, -0.2) is 5.91 Å². The highest BCUT2D eigenvalue weighted by Gasteiger charge is 2.14. The van der Waals surface area contributed by atoms with Gasteiger partial charge in [0, 0.05) is 5.56 Å². The fourth-order valence-electron chi connectivity index (χ4n) is 2.03. The molecule has 2 aromatic carbocycles. The summed E-state index contributed by atoms with van der Waals surface area (Å²) in [5.74, 6) is -2.00. The molecule has 0 aromatic heterocycles. The molecule has 0 aliphatic carbocycles. The van der Waals surface area contributed by atoms with Gasteiger partial charge in [-0.15, -0.1) is 0 Å². The van der Waals surface area contributed by atoms with E-state index in [1.54, 1.807) is 13.0 Å². The van der Waals surface area contributed by atoms with Crippen molar-refractivity contribution in [2.24, 2.45) is 0 Å². The van der Waals surface area contributed by atoms with Crippen molar-refractivity contribution in [3.05, 3.63) is 76.9 Å². The second-order valence-corrected chi connectivity index (χ2v) is 4.94. The first kappa shape index (κ1) is 16.4. The van der Waals surface area contributed by atoms with Gasteiger partial charge in [-0.05, 0) is 36.8 Å². The third kappa shape index (κ3) is 4.24. The lowest BCUT2D eigenvalue weighted by atomic mass is 10.1. The summed E-state index contributed by atoms with van der Waals surface area (Å²) in [4.78, 5) is 12.1. The number of rotatable bonds is 4. The van der Waals surface area contributed by atoms with Gasteiger partial charge >= 0.3 is 0 Å². The lowest BCUT2D eigenvalue weighted by Gasteiger charge is -2.13. The van der Waals surface area contributed by atoms with Crippen LogP contribution in [0.4, 0.5) is 8.78 Å². The average molecular weight is 312 g/mol. The number of nitrogens with one attached hydrogen (secondary N) is 1. The molecule has 0 heterocycles. The Hall–Kier alpha value is -3.00. The van der Waals surface area contributed by atoms with Crippen LogP contribution in [0.2, 0.25) is 0 Å². The summed E-state index contributed by atoms with van der Waals surface area (Å²) >= 11 is 0. The molecule has 0 bridgehead atoms. The van der Waals surface area contributed by atoms with Crippen LogP contribution in [0, 0.1) is 23.0 Å². The normalized spacial score (nSPS) is 12.3. The standard InChI is InChI=1S/C18H14F2N2O/c1-12(13-5-3-2-4-6-13)22-18(23)15(11-21)9-14-10-16(19)7-8-17(14)20/h2-10,12H,1H3,(H,22,23)/b15-9+. The molecular weight excluding hydrogens is 298 g/mol. The first-order valence-electron chi connectivity index (χ1n) is 6.94. The molecule has 1 unspecified atom stereocenters. The predicted molar refractivity (Wildman–Crippen MR) is 82.9 cm³/mol. The van der Waals surface area contributed by atoms with Crippen molar-refractivity contribution in [2.45, 2.75) is 13.0 Å². The Morgan fingerprint density at radius 1 is 1.22 bits per heavy atom. The van der Waals surface area contributed by atoms with E-state index in [1.807, 2.05) is 30.3 Å². The van der Waals surface area contributed by atoms with Crippen molar-refractivity contribution >= 4 is 12.0 Å². The molecule has 23 heavy (non-hydrogen) atoms. The van der Waals surface area contributed by atoms with Gasteiger partial charge in [0.05, 0.1) is 6.04 Å². The van der Waals surface area contributed by atoms with Crippen LogP contribution in [0.5, 0.6) is 0 Å². The summed E-state index contributed by atoms with van der Waals surface area (Å²) in [6.07, 6.45) is 1.03. The Labute approximate surface area is 132 Å². The van der Waals surface area contributed by atoms with Gasteiger partial charge in [-0.25, -0.2) is 8.78 Å². The number of hydrogen-bond donors (Lipinski definition) is 1. The van der Waals surface area contributed by atoms with E-state index < -0.39 is 17.5 Å². The zero-order valence-electron chi connectivity index (χ0n) is 12.4. The topological polar surface area (TPSA) is 52.9 Å². The molecule has 0 radical (unpaired) electrons. The van der Waals surface area contributed by atoms with Gasteiger partial charge < -0.3 is 5.32 Å². The zero-order chi connectivity index (χ0) is 16.8. The first-order chi connectivity index (χ1) is 11.0. The van der Waals surface area contributed by atoms with Crippen LogP contribution in [-0.2, 0) is 4.79 Å². The lowest BCUT2D eigenvalue weighted by molar-refractivity contribution is -0.117. The number of amides is 1. The maximum absolute atomic E-state index is 13.6. The van der Waals surface area contributed by atoms with Gasteiger partial charge in [-0.1, -0.05) is 30.3 Å². The molecule has 2 aromatic rings. The van der Waals surface area contributed by atoms with Crippen molar-refractivity contribution in [3.63, 3.8) is 0 Å². The van der Waals surface area contributed by atoms with Crippen LogP contribution >= 0.6 is 0 Å². The Balaban J connectivity index is 2.20. The number of benzene rings is 2. The number of nitriles is 1. The minimum atomic E-state index is -0.706.